The number of nitrogens with one attached hydrogen (secondary N) is 1. The molecule has 1 aliphatic carbocycles. The Balaban J connectivity index is 0.000000580. The number of carbonyl (C=O) groups is 4. The molecule has 2 aromatic carbocycles. The number of aliphatic hydroxyl groups is 2. The molecular weight excluding hydrogens is 600 g/mol. The van der Waals surface area contributed by atoms with Crippen LogP contribution in [0.25, 0.3) is 11.1 Å². The van der Waals surface area contributed by atoms with Crippen molar-refractivity contribution < 1.29 is 53.8 Å². The highest BCUT2D eigenvalue weighted by Crippen LogP contribution is 2.50. The molecule has 0 bridgehead atoms. The van der Waals surface area contributed by atoms with Crippen LogP contribution in [0.2, 0.25) is 0 Å². The molecule has 14 nitrogen and oxygen atoms in total. The summed E-state index contributed by atoms with van der Waals surface area (Å²) in [6, 6.07) is 6.68. The van der Waals surface area contributed by atoms with Crippen molar-refractivity contribution in [2.75, 3.05) is 41.1 Å². The predicted octanol–water partition coefficient (Wildman–Crippen LogP) is 0.921. The smallest absolute Gasteiger partial charge is 0.335 e. The Labute approximate surface area is 257 Å². The van der Waals surface area contributed by atoms with E-state index >= 15 is 0 Å². The molecule has 15 heteroatoms. The van der Waals surface area contributed by atoms with Crippen LogP contribution in [0.4, 0.5) is 0 Å². The summed E-state index contributed by atoms with van der Waals surface area (Å²) in [6.07, 6.45) is -1.53. The van der Waals surface area contributed by atoms with E-state index in [1.807, 2.05) is 18.4 Å². The van der Waals surface area contributed by atoms with Crippen LogP contribution in [-0.4, -0.2) is 102 Å². The van der Waals surface area contributed by atoms with E-state index in [9.17, 15) is 24.0 Å². The van der Waals surface area contributed by atoms with Gasteiger partial charge < -0.3 is 40.0 Å². The normalized spacial score (nSPS) is 14.8. The van der Waals surface area contributed by atoms with Gasteiger partial charge >= 0.3 is 17.9 Å². The van der Waals surface area contributed by atoms with Gasteiger partial charge in [0.25, 0.3) is 0 Å². The molecule has 1 aliphatic rings. The third-order valence-corrected chi connectivity index (χ3v) is 7.14. The van der Waals surface area contributed by atoms with E-state index in [2.05, 4.69) is 5.32 Å². The Morgan fingerprint density at radius 1 is 1.02 bits per heavy atom. The summed E-state index contributed by atoms with van der Waals surface area (Å²) in [5.41, 5.74) is 2.90. The minimum Gasteiger partial charge on any atom is -0.493 e. The average molecular weight is 637 g/mol. The van der Waals surface area contributed by atoms with Gasteiger partial charge in [-0.25, -0.2) is 9.59 Å². The first-order valence-corrected chi connectivity index (χ1v) is 14.3. The first kappa shape index (κ1) is 36.0. The van der Waals surface area contributed by atoms with Crippen LogP contribution in [-0.2, 0) is 25.6 Å². The molecule has 0 heterocycles. The van der Waals surface area contributed by atoms with Crippen molar-refractivity contribution in [2.45, 2.75) is 42.9 Å². The number of carboxylic acid groups (broad SMARTS) is 2. The lowest BCUT2D eigenvalue weighted by Gasteiger charge is -2.20. The third kappa shape index (κ3) is 8.92. The van der Waals surface area contributed by atoms with Gasteiger partial charge in [0.15, 0.2) is 29.1 Å². The number of aliphatic carboxylic acids is 2. The molecule has 2 aromatic rings. The molecule has 44 heavy (non-hydrogen) atoms. The molecule has 240 valence electrons. The first-order chi connectivity index (χ1) is 20.7. The SMILES string of the molecule is COc1cc2c(c(OC)c1OC(=O)CN(C)C)-c1ccc(SC)c(=O)cc1[C@@H](NC(C)=O)CC2.O=C(O)C(O)C(O)C(=O)O. The molecular formula is C29H36N2O12S. The van der Waals surface area contributed by atoms with Crippen LogP contribution in [0.15, 0.2) is 34.0 Å². The van der Waals surface area contributed by atoms with Gasteiger partial charge in [-0.05, 0) is 68.1 Å². The second-order valence-corrected chi connectivity index (χ2v) is 10.7. The standard InChI is InChI=1S/C25H30N2O6S.C4H6O6/c1-14(28)26-18-9-7-15-11-20(31-4)24(33-22(30)13-27(2)3)25(32-5)23(15)16-8-10-21(34-6)19(29)12-17(16)18;5-1(3(7)8)2(6)4(9)10/h8,10-12,18H,7,9,13H2,1-6H3,(H,26,28);1-2,5-6H,(H,7,8)(H,9,10)/t18-;/m0./s1. The molecule has 0 fully saturated rings. The number of carboxylic acids is 2. The number of aryl methyl sites for hydroxylation is 1. The van der Waals surface area contributed by atoms with Gasteiger partial charge in [-0.3, -0.25) is 19.3 Å². The van der Waals surface area contributed by atoms with E-state index in [1.54, 1.807) is 31.1 Å². The van der Waals surface area contributed by atoms with Crippen molar-refractivity contribution in [3.05, 3.63) is 45.6 Å². The maximum absolute atomic E-state index is 12.9. The lowest BCUT2D eigenvalue weighted by molar-refractivity contribution is -0.165. The van der Waals surface area contributed by atoms with E-state index < -0.39 is 30.1 Å². The van der Waals surface area contributed by atoms with Gasteiger partial charge in [-0.15, -0.1) is 11.8 Å². The third-order valence-electron chi connectivity index (χ3n) is 6.36. The van der Waals surface area contributed by atoms with Crippen molar-refractivity contribution in [3.63, 3.8) is 0 Å². The molecule has 0 radical (unpaired) electrons. The van der Waals surface area contributed by atoms with Crippen molar-refractivity contribution in [3.8, 4) is 28.4 Å². The minimum atomic E-state index is -2.27. The highest BCUT2D eigenvalue weighted by atomic mass is 32.2. The molecule has 5 N–H and O–H groups in total. The Kier molecular flexibility index (Phi) is 13.1. The summed E-state index contributed by atoms with van der Waals surface area (Å²) < 4.78 is 17.1. The number of fused-ring (bicyclic) bond motifs is 3. The van der Waals surface area contributed by atoms with Gasteiger partial charge in [-0.2, -0.15) is 0 Å². The molecule has 2 unspecified atom stereocenters. The number of carbonyl (C=O) groups excluding carboxylic acids is 2. The number of esters is 1. The van der Waals surface area contributed by atoms with Crippen molar-refractivity contribution in [1.29, 1.82) is 0 Å². The lowest BCUT2D eigenvalue weighted by Crippen LogP contribution is -2.39. The molecule has 0 aromatic heterocycles. The van der Waals surface area contributed by atoms with Crippen molar-refractivity contribution >= 4 is 35.6 Å². The fourth-order valence-electron chi connectivity index (χ4n) is 4.44. The Hall–Kier alpha value is -4.18. The van der Waals surface area contributed by atoms with Crippen molar-refractivity contribution in [2.24, 2.45) is 0 Å². The van der Waals surface area contributed by atoms with Gasteiger partial charge in [0.1, 0.15) is 0 Å². The quantitative estimate of drug-likeness (QED) is 0.140. The highest BCUT2D eigenvalue weighted by Gasteiger charge is 2.31. The zero-order chi connectivity index (χ0) is 33.3. The van der Waals surface area contributed by atoms with Crippen LogP contribution >= 0.6 is 11.8 Å². The number of benzene rings is 1. The van der Waals surface area contributed by atoms with Crippen LogP contribution in [0.5, 0.6) is 17.2 Å². The van der Waals surface area contributed by atoms with Crippen LogP contribution in [0.3, 0.4) is 0 Å². The van der Waals surface area contributed by atoms with Gasteiger partial charge in [0.05, 0.1) is 31.7 Å². The Morgan fingerprint density at radius 2 is 1.64 bits per heavy atom. The second kappa shape index (κ2) is 16.0. The monoisotopic (exact) mass is 636 g/mol. The zero-order valence-electron chi connectivity index (χ0n) is 25.1. The topological polar surface area (TPSA) is 209 Å². The first-order valence-electron chi connectivity index (χ1n) is 13.1. The number of aliphatic hydroxyl groups excluding tert-OH is 2. The number of amides is 1. The maximum atomic E-state index is 12.9. The number of ether oxygens (including phenoxy) is 3. The van der Waals surface area contributed by atoms with Gasteiger partial charge in [0.2, 0.25) is 11.7 Å². The zero-order valence-corrected chi connectivity index (χ0v) is 25.9. The maximum Gasteiger partial charge on any atom is 0.335 e. The Morgan fingerprint density at radius 3 is 2.11 bits per heavy atom. The molecule has 0 saturated carbocycles. The minimum absolute atomic E-state index is 0.0795. The number of hydrogen-bond donors (Lipinski definition) is 5. The summed E-state index contributed by atoms with van der Waals surface area (Å²) in [7, 11) is 6.55. The van der Waals surface area contributed by atoms with Crippen molar-refractivity contribution in [1.82, 2.24) is 10.2 Å². The highest BCUT2D eigenvalue weighted by molar-refractivity contribution is 7.98. The molecule has 0 aliphatic heterocycles. The number of methoxy groups -OCH3 is 2. The second-order valence-electron chi connectivity index (χ2n) is 9.82. The molecule has 3 rings (SSSR count). The summed E-state index contributed by atoms with van der Waals surface area (Å²) >= 11 is 1.36. The van der Waals surface area contributed by atoms with Crippen LogP contribution in [0.1, 0.15) is 30.5 Å². The fraction of sp³-hybridized carbons (Fsp3) is 0.414. The number of rotatable bonds is 10. The molecule has 3 atom stereocenters. The van der Waals surface area contributed by atoms with Crippen LogP contribution in [0, 0.1) is 0 Å². The summed E-state index contributed by atoms with van der Waals surface area (Å²) in [5.74, 6) is -3.29. The van der Waals surface area contributed by atoms with E-state index in [0.717, 1.165) is 11.1 Å². The molecule has 0 spiro atoms. The van der Waals surface area contributed by atoms with E-state index in [-0.39, 0.29) is 29.7 Å². The summed E-state index contributed by atoms with van der Waals surface area (Å²) in [4.78, 5) is 59.2. The average Bonchev–Trinajstić information content (AvgIpc) is 3.19. The summed E-state index contributed by atoms with van der Waals surface area (Å²) in [6.45, 7) is 1.54. The van der Waals surface area contributed by atoms with Gasteiger partial charge in [0, 0.05) is 12.5 Å². The van der Waals surface area contributed by atoms with E-state index in [0.29, 0.717) is 40.4 Å². The van der Waals surface area contributed by atoms with Gasteiger partial charge in [-0.1, -0.05) is 6.07 Å². The number of likely N-dealkylation sites (N-methyl/N-ethyl adjacent to an activating group) is 1. The van der Waals surface area contributed by atoms with E-state index in [1.165, 1.54) is 32.9 Å². The summed E-state index contributed by atoms with van der Waals surface area (Å²) in [5, 5.41) is 35.5. The number of thioether (sulfide) groups is 1. The largest absolute Gasteiger partial charge is 0.493 e. The number of nitrogens with zero attached hydrogens (tertiary/aromatic N) is 1. The Bertz CT molecular complexity index is 1440. The van der Waals surface area contributed by atoms with E-state index in [4.69, 9.17) is 34.6 Å². The lowest BCUT2D eigenvalue weighted by atomic mass is 9.95. The predicted molar refractivity (Wildman–Crippen MR) is 159 cm³/mol. The number of hydrogen-bond acceptors (Lipinski definition) is 12. The molecule has 1 amide bonds. The van der Waals surface area contributed by atoms with Crippen LogP contribution < -0.4 is 25.0 Å². The molecule has 0 saturated heterocycles. The fourth-order valence-corrected chi connectivity index (χ4v) is 4.90.